The van der Waals surface area contributed by atoms with E-state index in [1.165, 1.54) is 0 Å². The molecule has 6 nitrogen and oxygen atoms in total. The fourth-order valence-corrected chi connectivity index (χ4v) is 7.09. The molecule has 2 aromatic carbocycles. The largest absolute Gasteiger partial charge is 0.395 e. The van der Waals surface area contributed by atoms with Crippen LogP contribution < -0.4 is 0 Å². The van der Waals surface area contributed by atoms with Gasteiger partial charge in [-0.2, -0.15) is 4.31 Å². The van der Waals surface area contributed by atoms with Gasteiger partial charge in [0.2, 0.25) is 10.0 Å². The average molecular weight is 478 g/mol. The zero-order valence-electron chi connectivity index (χ0n) is 19.4. The number of aryl methyl sites for hydroxylation is 1. The highest BCUT2D eigenvalue weighted by molar-refractivity contribution is 7.89. The predicted octanol–water partition coefficient (Wildman–Crippen LogP) is 3.67. The highest BCUT2D eigenvalue weighted by Gasteiger charge is 2.50. The third-order valence-corrected chi connectivity index (χ3v) is 9.11. The molecule has 178 valence electrons. The van der Waals surface area contributed by atoms with Gasteiger partial charge in [0.05, 0.1) is 11.5 Å². The van der Waals surface area contributed by atoms with Crippen molar-refractivity contribution in [2.75, 3.05) is 26.2 Å². The van der Waals surface area contributed by atoms with E-state index in [-0.39, 0.29) is 24.6 Å². The van der Waals surface area contributed by atoms with Crippen LogP contribution in [0.1, 0.15) is 29.9 Å². The number of pyridine rings is 1. The van der Waals surface area contributed by atoms with Gasteiger partial charge in [-0.3, -0.25) is 9.88 Å². The first-order valence-electron chi connectivity index (χ1n) is 11.9. The Bertz CT molecular complexity index is 1230. The molecule has 7 heteroatoms. The lowest BCUT2D eigenvalue weighted by Crippen LogP contribution is -2.67. The first-order chi connectivity index (χ1) is 16.5. The van der Waals surface area contributed by atoms with Crippen LogP contribution in [0.5, 0.6) is 0 Å². The third kappa shape index (κ3) is 4.29. The first-order valence-corrected chi connectivity index (χ1v) is 13.4. The molecule has 5 rings (SSSR count). The molecule has 0 amide bonds. The summed E-state index contributed by atoms with van der Waals surface area (Å²) in [6.07, 6.45) is 5.34. The molecule has 34 heavy (non-hydrogen) atoms. The van der Waals surface area contributed by atoms with Crippen LogP contribution in [0, 0.1) is 6.92 Å². The van der Waals surface area contributed by atoms with Crippen molar-refractivity contribution in [3.8, 4) is 11.1 Å². The van der Waals surface area contributed by atoms with Crippen LogP contribution in [0.3, 0.4) is 0 Å². The monoisotopic (exact) mass is 477 g/mol. The number of hydrogen-bond acceptors (Lipinski definition) is 5. The van der Waals surface area contributed by atoms with E-state index in [9.17, 15) is 13.5 Å². The van der Waals surface area contributed by atoms with Gasteiger partial charge in [0.15, 0.2) is 0 Å². The lowest BCUT2D eigenvalue weighted by Gasteiger charge is -2.57. The molecule has 3 aromatic rings. The van der Waals surface area contributed by atoms with Crippen molar-refractivity contribution in [3.05, 3.63) is 84.2 Å². The normalized spacial score (nSPS) is 24.0. The van der Waals surface area contributed by atoms with Crippen LogP contribution in [0.25, 0.3) is 11.1 Å². The van der Waals surface area contributed by atoms with E-state index in [4.69, 9.17) is 0 Å². The molecule has 0 bridgehead atoms. The standard InChI is InChI=1S/C27H31N3O3S/c1-20-6-4-8-24(16-20)34(32,33)29-14-2-3-15-30-25(18-29)27(26(30)19-31)22-11-9-21(10-12-22)23-7-5-13-28-17-23/h4-13,16-17,25-27,31H,2-3,14-15,18-19H2,1H3/t25-,26+,27+/m1/s1. The summed E-state index contributed by atoms with van der Waals surface area (Å²) in [7, 11) is -3.58. The molecule has 2 fully saturated rings. The van der Waals surface area contributed by atoms with Crippen molar-refractivity contribution >= 4 is 10.0 Å². The molecule has 0 aliphatic carbocycles. The number of nitrogens with zero attached hydrogens (tertiary/aromatic N) is 3. The number of sulfonamides is 1. The molecule has 0 radical (unpaired) electrons. The Kier molecular flexibility index (Phi) is 6.53. The van der Waals surface area contributed by atoms with Crippen molar-refractivity contribution in [2.45, 2.75) is 42.7 Å². The number of rotatable bonds is 5. The van der Waals surface area contributed by atoms with Crippen LogP contribution in [-0.2, 0) is 10.0 Å². The van der Waals surface area contributed by atoms with Gasteiger partial charge in [-0.1, -0.05) is 42.5 Å². The van der Waals surface area contributed by atoms with Crippen molar-refractivity contribution in [2.24, 2.45) is 0 Å². The maximum Gasteiger partial charge on any atom is 0.243 e. The summed E-state index contributed by atoms with van der Waals surface area (Å²) in [6.45, 7) is 3.82. The summed E-state index contributed by atoms with van der Waals surface area (Å²) < 4.78 is 28.7. The molecule has 1 N–H and O–H groups in total. The highest BCUT2D eigenvalue weighted by atomic mass is 32.2. The summed E-state index contributed by atoms with van der Waals surface area (Å²) >= 11 is 0. The maximum absolute atomic E-state index is 13.5. The van der Waals surface area contributed by atoms with Crippen LogP contribution in [-0.4, -0.2) is 66.0 Å². The fraction of sp³-hybridized carbons (Fsp3) is 0.370. The Balaban J connectivity index is 1.43. The van der Waals surface area contributed by atoms with Crippen molar-refractivity contribution in [1.82, 2.24) is 14.2 Å². The number of aromatic nitrogens is 1. The van der Waals surface area contributed by atoms with Gasteiger partial charge in [-0.25, -0.2) is 8.42 Å². The minimum absolute atomic E-state index is 0.0101. The predicted molar refractivity (Wildman–Crippen MR) is 133 cm³/mol. The molecule has 1 aromatic heterocycles. The number of aliphatic hydroxyl groups is 1. The highest BCUT2D eigenvalue weighted by Crippen LogP contribution is 2.43. The zero-order valence-corrected chi connectivity index (χ0v) is 20.2. The van der Waals surface area contributed by atoms with Crippen molar-refractivity contribution in [3.63, 3.8) is 0 Å². The summed E-state index contributed by atoms with van der Waals surface area (Å²) in [4.78, 5) is 6.86. The summed E-state index contributed by atoms with van der Waals surface area (Å²) in [6, 6.07) is 19.6. The molecule has 2 aliphatic rings. The van der Waals surface area contributed by atoms with Gasteiger partial charge in [0, 0.05) is 43.5 Å². The summed E-state index contributed by atoms with van der Waals surface area (Å²) in [5.41, 5.74) is 4.23. The average Bonchev–Trinajstić information content (AvgIpc) is 2.84. The van der Waals surface area contributed by atoms with E-state index < -0.39 is 10.0 Å². The SMILES string of the molecule is Cc1cccc(S(=O)(=O)N2CCCCN3[C@H](C2)[C@H](c2ccc(-c4cccnc4)cc2)[C@@H]3CO)c1. The lowest BCUT2D eigenvalue weighted by atomic mass is 9.74. The van der Waals surface area contributed by atoms with Gasteiger partial charge in [0.25, 0.3) is 0 Å². The lowest BCUT2D eigenvalue weighted by molar-refractivity contribution is -0.0553. The Morgan fingerprint density at radius 1 is 1.00 bits per heavy atom. The number of benzene rings is 2. The minimum Gasteiger partial charge on any atom is -0.395 e. The zero-order chi connectivity index (χ0) is 23.7. The van der Waals surface area contributed by atoms with Crippen molar-refractivity contribution < 1.29 is 13.5 Å². The van der Waals surface area contributed by atoms with E-state index in [1.54, 1.807) is 28.7 Å². The molecule has 0 unspecified atom stereocenters. The second-order valence-corrected chi connectivity index (χ2v) is 11.3. The second kappa shape index (κ2) is 9.58. The maximum atomic E-state index is 13.5. The minimum atomic E-state index is -3.58. The Morgan fingerprint density at radius 3 is 2.50 bits per heavy atom. The Hall–Kier alpha value is -2.58. The van der Waals surface area contributed by atoms with Crippen LogP contribution in [0.4, 0.5) is 0 Å². The van der Waals surface area contributed by atoms with Gasteiger partial charge >= 0.3 is 0 Å². The smallest absolute Gasteiger partial charge is 0.243 e. The van der Waals surface area contributed by atoms with Gasteiger partial charge < -0.3 is 5.11 Å². The number of aliphatic hydroxyl groups excluding tert-OH is 1. The number of fused-ring (bicyclic) bond motifs is 1. The quantitative estimate of drug-likeness (QED) is 0.607. The van der Waals surface area contributed by atoms with E-state index in [1.807, 2.05) is 31.3 Å². The Morgan fingerprint density at radius 2 is 1.79 bits per heavy atom. The van der Waals surface area contributed by atoms with E-state index >= 15 is 0 Å². The van der Waals surface area contributed by atoms with Crippen LogP contribution >= 0.6 is 0 Å². The van der Waals surface area contributed by atoms with Gasteiger partial charge in [0.1, 0.15) is 0 Å². The molecular weight excluding hydrogens is 446 g/mol. The van der Waals surface area contributed by atoms with E-state index in [0.29, 0.717) is 18.0 Å². The summed E-state index contributed by atoms with van der Waals surface area (Å²) in [5, 5.41) is 10.2. The fourth-order valence-electron chi connectivity index (χ4n) is 5.48. The first kappa shape index (κ1) is 23.2. The van der Waals surface area contributed by atoms with Crippen LogP contribution in [0.15, 0.2) is 78.0 Å². The topological polar surface area (TPSA) is 73.7 Å². The van der Waals surface area contributed by atoms with Crippen molar-refractivity contribution in [1.29, 1.82) is 0 Å². The van der Waals surface area contributed by atoms with Gasteiger partial charge in [-0.15, -0.1) is 0 Å². The Labute approximate surface area is 201 Å². The molecule has 3 atom stereocenters. The van der Waals surface area contributed by atoms with Crippen LogP contribution in [0.2, 0.25) is 0 Å². The second-order valence-electron chi connectivity index (χ2n) is 9.33. The van der Waals surface area contributed by atoms with E-state index in [2.05, 4.69) is 34.1 Å². The molecule has 2 saturated heterocycles. The molecule has 0 saturated carbocycles. The number of hydrogen-bond donors (Lipinski definition) is 1. The molecule has 0 spiro atoms. The molecular formula is C27H31N3O3S. The van der Waals surface area contributed by atoms with Gasteiger partial charge in [-0.05, 0) is 66.8 Å². The summed E-state index contributed by atoms with van der Waals surface area (Å²) in [5.74, 6) is 0.0845. The molecule has 2 aliphatic heterocycles. The van der Waals surface area contributed by atoms with E-state index in [0.717, 1.165) is 41.6 Å². The molecule has 3 heterocycles. The third-order valence-electron chi connectivity index (χ3n) is 7.25.